The summed E-state index contributed by atoms with van der Waals surface area (Å²) in [6, 6.07) is 5.82. The van der Waals surface area contributed by atoms with Crippen molar-refractivity contribution in [3.8, 4) is 0 Å². The Labute approximate surface area is 134 Å². The van der Waals surface area contributed by atoms with Crippen molar-refractivity contribution in [3.63, 3.8) is 0 Å². The van der Waals surface area contributed by atoms with E-state index in [0.717, 1.165) is 38.0 Å². The largest absolute Gasteiger partial charge is 0.304 e. The van der Waals surface area contributed by atoms with Crippen LogP contribution in [-0.2, 0) is 6.42 Å². The van der Waals surface area contributed by atoms with Gasteiger partial charge in [-0.1, -0.05) is 6.07 Å². The molecule has 1 saturated heterocycles. The van der Waals surface area contributed by atoms with Crippen molar-refractivity contribution >= 4 is 15.9 Å². The Morgan fingerprint density at radius 1 is 1.43 bits per heavy atom. The van der Waals surface area contributed by atoms with Crippen molar-refractivity contribution in [2.24, 2.45) is 5.84 Å². The maximum atomic E-state index is 13.3. The molecule has 1 fully saturated rings. The van der Waals surface area contributed by atoms with E-state index in [2.05, 4.69) is 45.3 Å². The number of piperazine rings is 1. The van der Waals surface area contributed by atoms with Gasteiger partial charge < -0.3 is 9.80 Å². The number of nitrogens with one attached hydrogen (secondary N) is 1. The lowest BCUT2D eigenvalue weighted by atomic mass is 9.98. The first-order chi connectivity index (χ1) is 9.99. The van der Waals surface area contributed by atoms with Crippen LogP contribution in [0.4, 0.5) is 4.39 Å². The number of hydrogen-bond acceptors (Lipinski definition) is 4. The molecule has 0 saturated carbocycles. The zero-order valence-electron chi connectivity index (χ0n) is 12.6. The van der Waals surface area contributed by atoms with Crippen LogP contribution in [0.25, 0.3) is 0 Å². The Morgan fingerprint density at radius 2 is 2.19 bits per heavy atom. The molecule has 0 aromatic heterocycles. The summed E-state index contributed by atoms with van der Waals surface area (Å²) in [6.07, 6.45) is 1.77. The zero-order valence-corrected chi connectivity index (χ0v) is 14.2. The molecule has 21 heavy (non-hydrogen) atoms. The molecule has 0 radical (unpaired) electrons. The smallest absolute Gasteiger partial charge is 0.137 e. The summed E-state index contributed by atoms with van der Waals surface area (Å²) in [6.45, 7) is 3.25. The molecule has 2 rings (SSSR count). The summed E-state index contributed by atoms with van der Waals surface area (Å²) >= 11 is 3.23. The highest BCUT2D eigenvalue weighted by atomic mass is 79.9. The quantitative estimate of drug-likeness (QED) is 0.619. The summed E-state index contributed by atoms with van der Waals surface area (Å²) in [5.74, 6) is 5.49. The highest BCUT2D eigenvalue weighted by Crippen LogP contribution is 2.19. The SMILES string of the molecule is CN1CCN(C)C(CC(Cc2ccc(F)c(Br)c2)NN)C1. The fourth-order valence-electron chi connectivity index (χ4n) is 2.85. The second-order valence-electron chi connectivity index (χ2n) is 5.95. The Bertz CT molecular complexity index is 471. The molecule has 1 heterocycles. The second kappa shape index (κ2) is 7.65. The van der Waals surface area contributed by atoms with E-state index in [9.17, 15) is 4.39 Å². The number of halogens is 2. The van der Waals surface area contributed by atoms with E-state index >= 15 is 0 Å². The normalized spacial score (nSPS) is 22.4. The summed E-state index contributed by atoms with van der Waals surface area (Å²) in [4.78, 5) is 4.75. The molecule has 0 amide bonds. The molecule has 6 heteroatoms. The number of benzene rings is 1. The Kier molecular flexibility index (Phi) is 6.13. The van der Waals surface area contributed by atoms with Crippen LogP contribution in [0.5, 0.6) is 0 Å². The summed E-state index contributed by atoms with van der Waals surface area (Å²) in [5, 5.41) is 0. The van der Waals surface area contributed by atoms with Crippen LogP contribution in [0.2, 0.25) is 0 Å². The Hall–Kier alpha value is -0.530. The average molecular weight is 359 g/mol. The van der Waals surface area contributed by atoms with Gasteiger partial charge in [-0.15, -0.1) is 0 Å². The molecule has 118 valence electrons. The van der Waals surface area contributed by atoms with E-state index in [1.54, 1.807) is 0 Å². The third-order valence-corrected chi connectivity index (χ3v) is 4.85. The van der Waals surface area contributed by atoms with Crippen molar-refractivity contribution in [1.82, 2.24) is 15.2 Å². The Balaban J connectivity index is 1.97. The van der Waals surface area contributed by atoms with Crippen molar-refractivity contribution in [2.45, 2.75) is 24.9 Å². The molecule has 0 aliphatic carbocycles. The molecule has 1 aliphatic rings. The predicted molar refractivity (Wildman–Crippen MR) is 87.4 cm³/mol. The Morgan fingerprint density at radius 3 is 2.86 bits per heavy atom. The fraction of sp³-hybridized carbons (Fsp3) is 0.600. The predicted octanol–water partition coefficient (Wildman–Crippen LogP) is 1.60. The van der Waals surface area contributed by atoms with Gasteiger partial charge in [0.15, 0.2) is 0 Å². The van der Waals surface area contributed by atoms with Crippen molar-refractivity contribution in [3.05, 3.63) is 34.1 Å². The van der Waals surface area contributed by atoms with Crippen LogP contribution in [-0.4, -0.2) is 55.6 Å². The van der Waals surface area contributed by atoms with Gasteiger partial charge in [0.25, 0.3) is 0 Å². The van der Waals surface area contributed by atoms with Crippen molar-refractivity contribution < 1.29 is 4.39 Å². The molecule has 0 spiro atoms. The van der Waals surface area contributed by atoms with E-state index < -0.39 is 0 Å². The first-order valence-corrected chi connectivity index (χ1v) is 8.07. The van der Waals surface area contributed by atoms with Crippen molar-refractivity contribution in [2.75, 3.05) is 33.7 Å². The minimum Gasteiger partial charge on any atom is -0.304 e. The van der Waals surface area contributed by atoms with Gasteiger partial charge in [-0.25, -0.2) is 4.39 Å². The van der Waals surface area contributed by atoms with Crippen LogP contribution >= 0.6 is 15.9 Å². The molecule has 2 unspecified atom stereocenters. The van der Waals surface area contributed by atoms with E-state index in [-0.39, 0.29) is 11.9 Å². The molecule has 4 nitrogen and oxygen atoms in total. The van der Waals surface area contributed by atoms with Crippen LogP contribution in [0.1, 0.15) is 12.0 Å². The van der Waals surface area contributed by atoms with Gasteiger partial charge in [0, 0.05) is 31.7 Å². The fourth-order valence-corrected chi connectivity index (χ4v) is 3.27. The number of nitrogens with zero attached hydrogens (tertiary/aromatic N) is 2. The minimum absolute atomic E-state index is 0.182. The van der Waals surface area contributed by atoms with Crippen molar-refractivity contribution in [1.29, 1.82) is 0 Å². The molecule has 1 aliphatic heterocycles. The lowest BCUT2D eigenvalue weighted by Crippen LogP contribution is -2.53. The van der Waals surface area contributed by atoms with Gasteiger partial charge in [0.2, 0.25) is 0 Å². The van der Waals surface area contributed by atoms with E-state index in [0.29, 0.717) is 10.5 Å². The number of nitrogens with two attached hydrogens (primary N) is 1. The molecular formula is C15H24BrFN4. The average Bonchev–Trinajstić information content (AvgIpc) is 2.46. The number of hydrazine groups is 1. The van der Waals surface area contributed by atoms with Gasteiger partial charge in [0.1, 0.15) is 5.82 Å². The highest BCUT2D eigenvalue weighted by molar-refractivity contribution is 9.10. The monoisotopic (exact) mass is 358 g/mol. The van der Waals surface area contributed by atoms with Crippen LogP contribution in [0.3, 0.4) is 0 Å². The van der Waals surface area contributed by atoms with Gasteiger partial charge in [-0.3, -0.25) is 11.3 Å². The molecule has 3 N–H and O–H groups in total. The van der Waals surface area contributed by atoms with Gasteiger partial charge in [-0.2, -0.15) is 0 Å². The lowest BCUT2D eigenvalue weighted by Gasteiger charge is -2.39. The molecular weight excluding hydrogens is 335 g/mol. The van der Waals surface area contributed by atoms with E-state index in [4.69, 9.17) is 5.84 Å². The lowest BCUT2D eigenvalue weighted by molar-refractivity contribution is 0.101. The summed E-state index contributed by atoms with van der Waals surface area (Å²) in [5.41, 5.74) is 3.99. The van der Waals surface area contributed by atoms with E-state index in [1.807, 2.05) is 12.1 Å². The highest BCUT2D eigenvalue weighted by Gasteiger charge is 2.25. The molecule has 1 aromatic carbocycles. The maximum absolute atomic E-state index is 13.3. The van der Waals surface area contributed by atoms with Crippen LogP contribution < -0.4 is 11.3 Å². The number of rotatable bonds is 5. The standard InChI is InChI=1S/C15H24BrFN4/c1-20-5-6-21(2)13(10-20)9-12(19-18)7-11-3-4-15(17)14(16)8-11/h3-4,8,12-13,19H,5-7,9-10,18H2,1-2H3. The van der Waals surface area contributed by atoms with Gasteiger partial charge in [0.05, 0.1) is 4.47 Å². The first-order valence-electron chi connectivity index (χ1n) is 7.28. The van der Waals surface area contributed by atoms with E-state index in [1.165, 1.54) is 6.07 Å². The number of likely N-dealkylation sites (N-methyl/N-ethyl adjacent to an activating group) is 2. The topological polar surface area (TPSA) is 44.5 Å². The summed E-state index contributed by atoms with van der Waals surface area (Å²) < 4.78 is 13.8. The number of hydrogen-bond donors (Lipinski definition) is 2. The summed E-state index contributed by atoms with van der Waals surface area (Å²) in [7, 11) is 4.32. The second-order valence-corrected chi connectivity index (χ2v) is 6.80. The maximum Gasteiger partial charge on any atom is 0.137 e. The van der Waals surface area contributed by atoms with Crippen LogP contribution in [0.15, 0.2) is 22.7 Å². The van der Waals surface area contributed by atoms with Gasteiger partial charge in [-0.05, 0) is 60.6 Å². The minimum atomic E-state index is -0.232. The third kappa shape index (κ3) is 4.72. The van der Waals surface area contributed by atoms with Crippen LogP contribution in [0, 0.1) is 5.82 Å². The molecule has 1 aromatic rings. The first kappa shape index (κ1) is 16.8. The zero-order chi connectivity index (χ0) is 15.4. The third-order valence-electron chi connectivity index (χ3n) is 4.24. The molecule has 0 bridgehead atoms. The molecule has 2 atom stereocenters. The van der Waals surface area contributed by atoms with Gasteiger partial charge >= 0.3 is 0 Å².